The number of aromatic nitrogens is 2. The van der Waals surface area contributed by atoms with Crippen molar-refractivity contribution in [3.8, 4) is 0 Å². The Morgan fingerprint density at radius 2 is 1.89 bits per heavy atom. The molecule has 28 heavy (non-hydrogen) atoms. The molecule has 0 aromatic carbocycles. The summed E-state index contributed by atoms with van der Waals surface area (Å²) in [5.74, 6) is 1.19. The Kier molecular flexibility index (Phi) is 10.3. The zero-order valence-electron chi connectivity index (χ0n) is 16.5. The van der Waals surface area contributed by atoms with Crippen LogP contribution in [-0.2, 0) is 20.8 Å². The summed E-state index contributed by atoms with van der Waals surface area (Å²) >= 11 is 0. The van der Waals surface area contributed by atoms with E-state index in [4.69, 9.17) is 9.47 Å². The summed E-state index contributed by atoms with van der Waals surface area (Å²) < 4.78 is 12.2. The molecule has 1 saturated heterocycles. The molecule has 1 N–H and O–H groups in total. The van der Waals surface area contributed by atoms with E-state index >= 15 is 0 Å². The van der Waals surface area contributed by atoms with Gasteiger partial charge in [-0.1, -0.05) is 0 Å². The maximum atomic E-state index is 12.0. The van der Waals surface area contributed by atoms with E-state index in [2.05, 4.69) is 10.3 Å². The van der Waals surface area contributed by atoms with Gasteiger partial charge in [0.25, 0.3) is 0 Å². The molecule has 1 aliphatic heterocycles. The highest BCUT2D eigenvalue weighted by Gasteiger charge is 2.38. The van der Waals surface area contributed by atoms with Gasteiger partial charge in [0.05, 0.1) is 25.7 Å². The maximum absolute atomic E-state index is 12.0. The molecule has 0 radical (unpaired) electrons. The molecule has 0 amide bonds. The largest absolute Gasteiger partial charge is 0.465 e. The van der Waals surface area contributed by atoms with Crippen LogP contribution in [0.2, 0.25) is 0 Å². The molecule has 160 valence electrons. The van der Waals surface area contributed by atoms with Gasteiger partial charge < -0.3 is 19.4 Å². The molecule has 2 fully saturated rings. The lowest BCUT2D eigenvalue weighted by atomic mass is 9.69. The minimum atomic E-state index is -0.317. The highest BCUT2D eigenvalue weighted by Crippen LogP contribution is 2.39. The SMILES string of the molecule is CCOC(=O)c1cncn1C[C@H]1CC[C@H]2CN[C@H](C(=O)OCC)C[C@H]2C1.Cl.Cl. The molecular formula is C19H31Cl2N3O4. The summed E-state index contributed by atoms with van der Waals surface area (Å²) in [5.41, 5.74) is 0.517. The number of halogens is 2. The minimum Gasteiger partial charge on any atom is -0.465 e. The molecule has 9 heteroatoms. The van der Waals surface area contributed by atoms with Crippen molar-refractivity contribution in [1.29, 1.82) is 0 Å². The number of carbonyl (C=O) groups excluding carboxylic acids is 2. The minimum absolute atomic E-state index is 0. The van der Waals surface area contributed by atoms with Crippen LogP contribution in [0.5, 0.6) is 0 Å². The number of esters is 2. The maximum Gasteiger partial charge on any atom is 0.356 e. The van der Waals surface area contributed by atoms with E-state index in [0.29, 0.717) is 36.7 Å². The predicted octanol–water partition coefficient (Wildman–Crippen LogP) is 2.86. The molecule has 0 spiro atoms. The first-order valence-electron chi connectivity index (χ1n) is 9.69. The van der Waals surface area contributed by atoms with Gasteiger partial charge in [-0.05, 0) is 63.8 Å². The third-order valence-corrected chi connectivity index (χ3v) is 5.64. The lowest BCUT2D eigenvalue weighted by Gasteiger charge is -2.42. The van der Waals surface area contributed by atoms with Crippen LogP contribution in [0, 0.1) is 17.8 Å². The molecular weight excluding hydrogens is 405 g/mol. The first-order chi connectivity index (χ1) is 12.6. The zero-order valence-corrected chi connectivity index (χ0v) is 18.1. The van der Waals surface area contributed by atoms with Crippen LogP contribution >= 0.6 is 24.8 Å². The highest BCUT2D eigenvalue weighted by molar-refractivity contribution is 5.87. The molecule has 0 unspecified atom stereocenters. The predicted molar refractivity (Wildman–Crippen MR) is 110 cm³/mol. The number of fused-ring (bicyclic) bond motifs is 1. The van der Waals surface area contributed by atoms with E-state index in [9.17, 15) is 9.59 Å². The summed E-state index contributed by atoms with van der Waals surface area (Å²) in [4.78, 5) is 28.2. The number of imidazole rings is 1. The van der Waals surface area contributed by atoms with Crippen molar-refractivity contribution < 1.29 is 19.1 Å². The van der Waals surface area contributed by atoms with Crippen LogP contribution < -0.4 is 5.32 Å². The van der Waals surface area contributed by atoms with E-state index in [-0.39, 0.29) is 42.8 Å². The lowest BCUT2D eigenvalue weighted by Crippen LogP contribution is -2.50. The highest BCUT2D eigenvalue weighted by atomic mass is 35.5. The Hall–Kier alpha value is -1.31. The summed E-state index contributed by atoms with van der Waals surface area (Å²) in [5, 5.41) is 3.35. The third kappa shape index (κ3) is 5.84. The molecule has 0 bridgehead atoms. The fourth-order valence-electron chi connectivity index (χ4n) is 4.37. The van der Waals surface area contributed by atoms with Crippen molar-refractivity contribution >= 4 is 36.8 Å². The topological polar surface area (TPSA) is 82.5 Å². The Morgan fingerprint density at radius 1 is 1.14 bits per heavy atom. The van der Waals surface area contributed by atoms with Crippen LogP contribution in [0.15, 0.2) is 12.5 Å². The smallest absolute Gasteiger partial charge is 0.356 e. The number of carbonyl (C=O) groups is 2. The summed E-state index contributed by atoms with van der Waals surface area (Å²) in [6.07, 6.45) is 7.49. The first kappa shape index (κ1) is 24.7. The second-order valence-corrected chi connectivity index (χ2v) is 7.30. The fraction of sp³-hybridized carbons (Fsp3) is 0.737. The Morgan fingerprint density at radius 3 is 2.61 bits per heavy atom. The number of hydrogen-bond donors (Lipinski definition) is 1. The number of ether oxygens (including phenoxy) is 2. The fourth-order valence-corrected chi connectivity index (χ4v) is 4.37. The van der Waals surface area contributed by atoms with Gasteiger partial charge in [0.1, 0.15) is 11.7 Å². The molecule has 4 atom stereocenters. The molecule has 1 saturated carbocycles. The second kappa shape index (κ2) is 11.6. The number of piperidine rings is 1. The summed E-state index contributed by atoms with van der Waals surface area (Å²) in [6, 6.07) is -0.182. The van der Waals surface area contributed by atoms with Crippen LogP contribution in [0.3, 0.4) is 0 Å². The molecule has 7 nitrogen and oxygen atoms in total. The second-order valence-electron chi connectivity index (χ2n) is 7.30. The van der Waals surface area contributed by atoms with Crippen molar-refractivity contribution in [2.24, 2.45) is 17.8 Å². The van der Waals surface area contributed by atoms with Gasteiger partial charge in [-0.25, -0.2) is 9.78 Å². The van der Waals surface area contributed by atoms with Gasteiger partial charge in [0.15, 0.2) is 0 Å². The summed E-state index contributed by atoms with van der Waals surface area (Å²) in [7, 11) is 0. The average molecular weight is 436 g/mol. The molecule has 1 aromatic heterocycles. The standard InChI is InChI=1S/C19H29N3O4.2ClH/c1-3-25-18(23)16-8-15-7-13(5-6-14(15)9-21-16)11-22-12-20-10-17(22)19(24)26-4-2;;/h10,12-16,21H,3-9,11H2,1-2H3;2*1H/t13-,14-,15+,16-;;/m0../s1. The van der Waals surface area contributed by atoms with Crippen molar-refractivity contribution in [1.82, 2.24) is 14.9 Å². The van der Waals surface area contributed by atoms with Crippen molar-refractivity contribution in [3.63, 3.8) is 0 Å². The zero-order chi connectivity index (χ0) is 18.5. The number of rotatable bonds is 6. The monoisotopic (exact) mass is 435 g/mol. The van der Waals surface area contributed by atoms with Crippen LogP contribution in [0.4, 0.5) is 0 Å². The van der Waals surface area contributed by atoms with Crippen LogP contribution in [-0.4, -0.2) is 47.3 Å². The van der Waals surface area contributed by atoms with Gasteiger partial charge in [-0.2, -0.15) is 0 Å². The molecule has 1 aromatic rings. The number of nitrogens with one attached hydrogen (secondary N) is 1. The first-order valence-corrected chi connectivity index (χ1v) is 9.69. The Balaban J connectivity index is 0.00000196. The molecule has 2 heterocycles. The lowest BCUT2D eigenvalue weighted by molar-refractivity contribution is -0.147. The van der Waals surface area contributed by atoms with Gasteiger partial charge in [-0.15, -0.1) is 24.8 Å². The van der Waals surface area contributed by atoms with Crippen molar-refractivity contribution in [3.05, 3.63) is 18.2 Å². The average Bonchev–Trinajstić information content (AvgIpc) is 3.09. The molecule has 2 aliphatic rings. The molecule has 1 aliphatic carbocycles. The van der Waals surface area contributed by atoms with Gasteiger partial charge in [-0.3, -0.25) is 4.79 Å². The van der Waals surface area contributed by atoms with E-state index in [1.807, 2.05) is 11.5 Å². The van der Waals surface area contributed by atoms with Crippen molar-refractivity contribution in [2.45, 2.75) is 52.1 Å². The van der Waals surface area contributed by atoms with E-state index in [1.54, 1.807) is 19.4 Å². The number of hydrogen-bond acceptors (Lipinski definition) is 6. The third-order valence-electron chi connectivity index (χ3n) is 5.64. The Bertz CT molecular complexity index is 640. The van der Waals surface area contributed by atoms with Gasteiger partial charge >= 0.3 is 11.9 Å². The van der Waals surface area contributed by atoms with Gasteiger partial charge in [0.2, 0.25) is 0 Å². The van der Waals surface area contributed by atoms with Crippen LogP contribution in [0.25, 0.3) is 0 Å². The molecule has 3 rings (SSSR count). The van der Waals surface area contributed by atoms with Crippen LogP contribution in [0.1, 0.15) is 50.0 Å². The normalized spacial score (nSPS) is 26.2. The Labute approximate surface area is 178 Å². The van der Waals surface area contributed by atoms with Crippen molar-refractivity contribution in [2.75, 3.05) is 19.8 Å². The number of nitrogens with zero attached hydrogens (tertiary/aromatic N) is 2. The van der Waals surface area contributed by atoms with E-state index in [0.717, 1.165) is 38.8 Å². The van der Waals surface area contributed by atoms with E-state index < -0.39 is 0 Å². The van der Waals surface area contributed by atoms with Gasteiger partial charge in [0, 0.05) is 6.54 Å². The van der Waals surface area contributed by atoms with E-state index in [1.165, 1.54) is 0 Å². The quantitative estimate of drug-likeness (QED) is 0.691. The summed E-state index contributed by atoms with van der Waals surface area (Å²) in [6.45, 7) is 6.09.